The molecule has 2 heteroatoms. The van der Waals surface area contributed by atoms with Crippen molar-refractivity contribution in [3.05, 3.63) is 95.3 Å². The number of carbonyl (C=O) groups excluding carboxylic acids is 1. The first-order valence-corrected chi connectivity index (χ1v) is 9.15. The molecule has 0 saturated heterocycles. The fourth-order valence-electron chi connectivity index (χ4n) is 4.51. The maximum absolute atomic E-state index is 13.4. The summed E-state index contributed by atoms with van der Waals surface area (Å²) in [4.78, 5) is 11.0. The molecule has 2 aliphatic carbocycles. The molecule has 2 aliphatic rings. The Bertz CT molecular complexity index is 895. The second kappa shape index (κ2) is 6.87. The zero-order chi connectivity index (χ0) is 18.0. The van der Waals surface area contributed by atoms with Crippen LogP contribution in [0.4, 0.5) is 4.39 Å². The highest BCUT2D eigenvalue weighted by Gasteiger charge is 2.44. The highest BCUT2D eigenvalue weighted by molar-refractivity contribution is 5.97. The Morgan fingerprint density at radius 2 is 1.58 bits per heavy atom. The van der Waals surface area contributed by atoms with Crippen molar-refractivity contribution in [3.8, 4) is 0 Å². The Labute approximate surface area is 153 Å². The van der Waals surface area contributed by atoms with E-state index in [1.54, 1.807) is 6.08 Å². The quantitative estimate of drug-likeness (QED) is 0.492. The van der Waals surface area contributed by atoms with Crippen molar-refractivity contribution in [1.29, 1.82) is 0 Å². The van der Waals surface area contributed by atoms with Gasteiger partial charge in [0.15, 0.2) is 0 Å². The van der Waals surface area contributed by atoms with Gasteiger partial charge in [0.05, 0.1) is 0 Å². The molecule has 0 radical (unpaired) electrons. The van der Waals surface area contributed by atoms with Crippen LogP contribution in [0.2, 0.25) is 0 Å². The minimum atomic E-state index is -0.236. The van der Waals surface area contributed by atoms with Crippen LogP contribution in [0, 0.1) is 11.2 Å². The number of rotatable bonds is 4. The molecule has 1 saturated carbocycles. The second-order valence-corrected chi connectivity index (χ2v) is 7.04. The number of aldehydes is 1. The van der Waals surface area contributed by atoms with Gasteiger partial charge in [-0.3, -0.25) is 4.79 Å². The molecule has 2 aromatic rings. The van der Waals surface area contributed by atoms with E-state index in [4.69, 9.17) is 0 Å². The molecule has 0 N–H and O–H groups in total. The molecular weight excluding hydrogens is 323 g/mol. The van der Waals surface area contributed by atoms with E-state index in [2.05, 4.69) is 30.3 Å². The second-order valence-electron chi connectivity index (χ2n) is 7.04. The molecule has 0 aromatic heterocycles. The lowest BCUT2D eigenvalue weighted by molar-refractivity contribution is -0.104. The standard InChI is InChI=1S/C24H21FO/c25-20-12-10-18(11-13-20)21-17-23(19-7-2-1-3-8-19)24(14-4-5-15-24)22(21)9-6-16-26/h1-3,6-13,16-17H,4-5,14-15H2/b9-6+. The number of hydrogen-bond acceptors (Lipinski definition) is 1. The highest BCUT2D eigenvalue weighted by Crippen LogP contribution is 2.59. The number of allylic oxidation sites excluding steroid dienone is 6. The van der Waals surface area contributed by atoms with Crippen molar-refractivity contribution in [2.45, 2.75) is 25.7 Å². The van der Waals surface area contributed by atoms with Gasteiger partial charge in [0.2, 0.25) is 0 Å². The zero-order valence-electron chi connectivity index (χ0n) is 14.6. The van der Waals surface area contributed by atoms with Crippen LogP contribution in [0.3, 0.4) is 0 Å². The molecule has 1 nitrogen and oxygen atoms in total. The van der Waals surface area contributed by atoms with Crippen LogP contribution in [0.5, 0.6) is 0 Å². The summed E-state index contributed by atoms with van der Waals surface area (Å²) in [6.45, 7) is 0. The summed E-state index contributed by atoms with van der Waals surface area (Å²) < 4.78 is 13.4. The largest absolute Gasteiger partial charge is 0.299 e. The first kappa shape index (κ1) is 16.7. The van der Waals surface area contributed by atoms with E-state index in [0.717, 1.165) is 30.3 Å². The predicted molar refractivity (Wildman–Crippen MR) is 104 cm³/mol. The van der Waals surface area contributed by atoms with Gasteiger partial charge < -0.3 is 0 Å². The molecule has 0 bridgehead atoms. The van der Waals surface area contributed by atoms with E-state index in [1.165, 1.54) is 41.7 Å². The Kier molecular flexibility index (Phi) is 4.42. The summed E-state index contributed by atoms with van der Waals surface area (Å²) in [5, 5.41) is 0. The summed E-state index contributed by atoms with van der Waals surface area (Å²) in [6, 6.07) is 17.1. The maximum Gasteiger partial charge on any atom is 0.142 e. The lowest BCUT2D eigenvalue weighted by Gasteiger charge is -2.31. The third-order valence-electron chi connectivity index (χ3n) is 5.65. The summed E-state index contributed by atoms with van der Waals surface area (Å²) in [5.41, 5.74) is 5.78. The van der Waals surface area contributed by atoms with Crippen LogP contribution in [0.1, 0.15) is 36.8 Å². The Morgan fingerprint density at radius 1 is 0.885 bits per heavy atom. The van der Waals surface area contributed by atoms with Crippen LogP contribution in [-0.4, -0.2) is 6.29 Å². The lowest BCUT2D eigenvalue weighted by Crippen LogP contribution is -2.18. The van der Waals surface area contributed by atoms with Gasteiger partial charge in [-0.15, -0.1) is 0 Å². The molecular formula is C24H21FO. The van der Waals surface area contributed by atoms with Crippen LogP contribution < -0.4 is 0 Å². The van der Waals surface area contributed by atoms with Gasteiger partial charge in [0.1, 0.15) is 12.1 Å². The third kappa shape index (κ3) is 2.76. The van der Waals surface area contributed by atoms with E-state index < -0.39 is 0 Å². The summed E-state index contributed by atoms with van der Waals surface area (Å²) in [7, 11) is 0. The first-order valence-electron chi connectivity index (χ1n) is 9.15. The zero-order valence-corrected chi connectivity index (χ0v) is 14.6. The van der Waals surface area contributed by atoms with E-state index in [9.17, 15) is 9.18 Å². The number of carbonyl (C=O) groups is 1. The lowest BCUT2D eigenvalue weighted by atomic mass is 9.72. The Hall–Kier alpha value is -2.74. The summed E-state index contributed by atoms with van der Waals surface area (Å²) >= 11 is 0. The first-order chi connectivity index (χ1) is 12.7. The molecule has 1 fully saturated rings. The maximum atomic E-state index is 13.4. The van der Waals surface area contributed by atoms with Gasteiger partial charge in [0, 0.05) is 5.41 Å². The fraction of sp³-hybridized carbons (Fsp3) is 0.208. The molecule has 2 aromatic carbocycles. The van der Waals surface area contributed by atoms with Crippen molar-refractivity contribution < 1.29 is 9.18 Å². The van der Waals surface area contributed by atoms with Crippen molar-refractivity contribution in [3.63, 3.8) is 0 Å². The van der Waals surface area contributed by atoms with Crippen LogP contribution in [0.25, 0.3) is 11.1 Å². The van der Waals surface area contributed by atoms with Gasteiger partial charge >= 0.3 is 0 Å². The van der Waals surface area contributed by atoms with E-state index in [-0.39, 0.29) is 11.2 Å². The molecule has 130 valence electrons. The highest BCUT2D eigenvalue weighted by atomic mass is 19.1. The average Bonchev–Trinajstić information content (AvgIpc) is 3.28. The fourth-order valence-corrected chi connectivity index (χ4v) is 4.51. The SMILES string of the molecule is O=C/C=C/C1=C(c2ccc(F)cc2)C=C(c2ccccc2)C12CCCC2. The van der Waals surface area contributed by atoms with Gasteiger partial charge in [-0.1, -0.05) is 61.4 Å². The topological polar surface area (TPSA) is 17.1 Å². The monoisotopic (exact) mass is 344 g/mol. The normalized spacial score (nSPS) is 18.7. The average molecular weight is 344 g/mol. The summed E-state index contributed by atoms with van der Waals surface area (Å²) in [6.07, 6.45) is 11.1. The molecule has 0 unspecified atom stereocenters. The van der Waals surface area contributed by atoms with Crippen molar-refractivity contribution in [2.24, 2.45) is 5.41 Å². The van der Waals surface area contributed by atoms with Crippen molar-refractivity contribution in [2.75, 3.05) is 0 Å². The number of benzene rings is 2. The molecule has 4 rings (SSSR count). The predicted octanol–water partition coefficient (Wildman–Crippen LogP) is 5.99. The Morgan fingerprint density at radius 3 is 2.23 bits per heavy atom. The smallest absolute Gasteiger partial charge is 0.142 e. The van der Waals surface area contributed by atoms with E-state index in [1.807, 2.05) is 24.3 Å². The molecule has 0 aliphatic heterocycles. The van der Waals surface area contributed by atoms with Gasteiger partial charge in [-0.25, -0.2) is 4.39 Å². The van der Waals surface area contributed by atoms with Gasteiger partial charge in [-0.2, -0.15) is 0 Å². The van der Waals surface area contributed by atoms with E-state index >= 15 is 0 Å². The minimum absolute atomic E-state index is 0.0510. The van der Waals surface area contributed by atoms with Crippen LogP contribution >= 0.6 is 0 Å². The summed E-state index contributed by atoms with van der Waals surface area (Å²) in [5.74, 6) is -0.236. The van der Waals surface area contributed by atoms with Gasteiger partial charge in [-0.05, 0) is 65.0 Å². The molecule has 1 spiro atoms. The molecule has 0 amide bonds. The number of halogens is 1. The van der Waals surface area contributed by atoms with Crippen LogP contribution in [-0.2, 0) is 4.79 Å². The van der Waals surface area contributed by atoms with Crippen molar-refractivity contribution >= 4 is 17.4 Å². The number of hydrogen-bond donors (Lipinski definition) is 0. The van der Waals surface area contributed by atoms with Crippen molar-refractivity contribution in [1.82, 2.24) is 0 Å². The third-order valence-corrected chi connectivity index (χ3v) is 5.65. The minimum Gasteiger partial charge on any atom is -0.299 e. The Balaban J connectivity index is 1.92. The molecule has 0 atom stereocenters. The molecule has 26 heavy (non-hydrogen) atoms. The van der Waals surface area contributed by atoms with Gasteiger partial charge in [0.25, 0.3) is 0 Å². The van der Waals surface area contributed by atoms with Crippen LogP contribution in [0.15, 0.2) is 78.4 Å². The molecule has 0 heterocycles. The van der Waals surface area contributed by atoms with E-state index in [0.29, 0.717) is 0 Å².